The van der Waals surface area contributed by atoms with Crippen molar-refractivity contribution in [3.05, 3.63) is 12.2 Å². The van der Waals surface area contributed by atoms with Crippen LogP contribution in [0.4, 0.5) is 0 Å². The fraction of sp³-hybridized carbons (Fsp3) is 0.750. The van der Waals surface area contributed by atoms with E-state index in [1.807, 2.05) is 0 Å². The van der Waals surface area contributed by atoms with Gasteiger partial charge in [-0.15, -0.1) is 0 Å². The van der Waals surface area contributed by atoms with Gasteiger partial charge in [-0.1, -0.05) is 47.1 Å². The summed E-state index contributed by atoms with van der Waals surface area (Å²) in [5, 5.41) is 8.55. The topological polar surface area (TPSA) is 37.3 Å². The molecule has 0 aliphatic rings. The van der Waals surface area contributed by atoms with Crippen molar-refractivity contribution in [1.82, 2.24) is 0 Å². The van der Waals surface area contributed by atoms with Crippen LogP contribution in [0.1, 0.15) is 47.5 Å². The van der Waals surface area contributed by atoms with Crippen LogP contribution in [-0.2, 0) is 4.79 Å². The lowest BCUT2D eigenvalue weighted by Gasteiger charge is -2.32. The van der Waals surface area contributed by atoms with Gasteiger partial charge in [0, 0.05) is 6.08 Å². The number of rotatable bonds is 5. The number of hydrogen-bond acceptors (Lipinski definition) is 1. The third kappa shape index (κ3) is 5.79. The molecule has 0 bridgehead atoms. The van der Waals surface area contributed by atoms with Gasteiger partial charge in [0.15, 0.2) is 0 Å². The van der Waals surface area contributed by atoms with Crippen LogP contribution in [0, 0.1) is 10.8 Å². The number of aliphatic carboxylic acids is 1. The molecule has 0 aromatic carbocycles. The largest absolute Gasteiger partial charge is 0.478 e. The zero-order chi connectivity index (χ0) is 11.4. The Labute approximate surface area is 87.0 Å². The maximum absolute atomic E-state index is 10.4. The number of carboxylic acids is 1. The Morgan fingerprint density at radius 2 is 1.79 bits per heavy atom. The van der Waals surface area contributed by atoms with Gasteiger partial charge in [-0.3, -0.25) is 0 Å². The highest BCUT2D eigenvalue weighted by molar-refractivity contribution is 5.79. The smallest absolute Gasteiger partial charge is 0.327 e. The average Bonchev–Trinajstić information content (AvgIpc) is 1.99. The lowest BCUT2D eigenvalue weighted by Crippen LogP contribution is -2.21. The molecule has 1 N–H and O–H groups in total. The first-order valence-electron chi connectivity index (χ1n) is 5.11. The van der Waals surface area contributed by atoms with Crippen molar-refractivity contribution in [2.24, 2.45) is 10.8 Å². The van der Waals surface area contributed by atoms with Crippen LogP contribution < -0.4 is 0 Å². The van der Waals surface area contributed by atoms with E-state index in [1.54, 1.807) is 6.08 Å². The summed E-state index contributed by atoms with van der Waals surface area (Å²) in [6.07, 6.45) is 5.14. The van der Waals surface area contributed by atoms with Gasteiger partial charge in [0.05, 0.1) is 0 Å². The Bertz CT molecular complexity index is 224. The molecule has 0 fully saturated rings. The molecule has 0 atom stereocenters. The summed E-state index contributed by atoms with van der Waals surface area (Å²) in [5.74, 6) is -0.868. The minimum Gasteiger partial charge on any atom is -0.478 e. The van der Waals surface area contributed by atoms with Gasteiger partial charge in [0.25, 0.3) is 0 Å². The zero-order valence-corrected chi connectivity index (χ0v) is 9.92. The van der Waals surface area contributed by atoms with Crippen LogP contribution in [0.25, 0.3) is 0 Å². The molecule has 2 nitrogen and oxygen atoms in total. The second-order valence-electron chi connectivity index (χ2n) is 5.35. The SMILES string of the molecule is CCC(C)(C)CC(C)(C)C=CC(=O)O. The van der Waals surface area contributed by atoms with Gasteiger partial charge in [0.2, 0.25) is 0 Å². The summed E-state index contributed by atoms with van der Waals surface area (Å²) < 4.78 is 0. The van der Waals surface area contributed by atoms with Gasteiger partial charge in [-0.25, -0.2) is 4.79 Å². The maximum atomic E-state index is 10.4. The quantitative estimate of drug-likeness (QED) is 0.687. The Hall–Kier alpha value is -0.790. The molecule has 0 heterocycles. The first kappa shape index (κ1) is 13.2. The summed E-state index contributed by atoms with van der Waals surface area (Å²) >= 11 is 0. The lowest BCUT2D eigenvalue weighted by atomic mass is 9.73. The molecule has 0 saturated heterocycles. The van der Waals surface area contributed by atoms with Crippen LogP contribution >= 0.6 is 0 Å². The van der Waals surface area contributed by atoms with Crippen LogP contribution in [-0.4, -0.2) is 11.1 Å². The van der Waals surface area contributed by atoms with Gasteiger partial charge in [-0.2, -0.15) is 0 Å². The first-order chi connectivity index (χ1) is 6.18. The van der Waals surface area contributed by atoms with Crippen LogP contribution in [0.5, 0.6) is 0 Å². The number of hydrogen-bond donors (Lipinski definition) is 1. The highest BCUT2D eigenvalue weighted by Crippen LogP contribution is 2.36. The highest BCUT2D eigenvalue weighted by atomic mass is 16.4. The van der Waals surface area contributed by atoms with Crippen molar-refractivity contribution in [2.45, 2.75) is 47.5 Å². The molecule has 0 aliphatic carbocycles. The summed E-state index contributed by atoms with van der Waals surface area (Å²) in [6, 6.07) is 0. The predicted octanol–water partition coefficient (Wildman–Crippen LogP) is 3.48. The number of carbonyl (C=O) groups is 1. The van der Waals surface area contributed by atoms with E-state index in [-0.39, 0.29) is 10.8 Å². The lowest BCUT2D eigenvalue weighted by molar-refractivity contribution is -0.131. The van der Waals surface area contributed by atoms with E-state index in [1.165, 1.54) is 6.08 Å². The van der Waals surface area contributed by atoms with Crippen molar-refractivity contribution in [3.63, 3.8) is 0 Å². The normalized spacial score (nSPS) is 13.5. The van der Waals surface area contributed by atoms with E-state index < -0.39 is 5.97 Å². The van der Waals surface area contributed by atoms with Crippen molar-refractivity contribution >= 4 is 5.97 Å². The Kier molecular flexibility index (Phi) is 4.37. The molecule has 0 aromatic heterocycles. The maximum Gasteiger partial charge on any atom is 0.327 e. The third-order valence-corrected chi connectivity index (χ3v) is 2.57. The molecule has 0 rings (SSSR count). The molecule has 14 heavy (non-hydrogen) atoms. The molecular weight excluding hydrogens is 176 g/mol. The molecule has 0 unspecified atom stereocenters. The fourth-order valence-electron chi connectivity index (χ4n) is 1.71. The monoisotopic (exact) mass is 198 g/mol. The van der Waals surface area contributed by atoms with E-state index in [4.69, 9.17) is 5.11 Å². The Balaban J connectivity index is 4.41. The summed E-state index contributed by atoms with van der Waals surface area (Å²) in [4.78, 5) is 10.4. The summed E-state index contributed by atoms with van der Waals surface area (Å²) in [7, 11) is 0. The Morgan fingerprint density at radius 3 is 2.14 bits per heavy atom. The molecule has 0 amide bonds. The van der Waals surface area contributed by atoms with Crippen molar-refractivity contribution in [2.75, 3.05) is 0 Å². The highest BCUT2D eigenvalue weighted by Gasteiger charge is 2.25. The summed E-state index contributed by atoms with van der Waals surface area (Å²) in [5.41, 5.74) is 0.226. The van der Waals surface area contributed by atoms with Gasteiger partial charge in [0.1, 0.15) is 0 Å². The molecule has 0 aliphatic heterocycles. The minimum absolute atomic E-state index is 0.0437. The van der Waals surface area contributed by atoms with E-state index in [0.29, 0.717) is 0 Å². The van der Waals surface area contributed by atoms with Crippen LogP contribution in [0.2, 0.25) is 0 Å². The van der Waals surface area contributed by atoms with E-state index in [0.717, 1.165) is 12.8 Å². The van der Waals surface area contributed by atoms with Crippen LogP contribution in [0.15, 0.2) is 12.2 Å². The average molecular weight is 198 g/mol. The standard InChI is InChI=1S/C12H22O2/c1-6-11(2,3)9-12(4,5)8-7-10(13)14/h7-8H,6,9H2,1-5H3,(H,13,14). The second-order valence-corrected chi connectivity index (χ2v) is 5.35. The number of carboxylic acid groups (broad SMARTS) is 1. The molecule has 82 valence electrons. The fourth-order valence-corrected chi connectivity index (χ4v) is 1.71. The van der Waals surface area contributed by atoms with Crippen molar-refractivity contribution in [1.29, 1.82) is 0 Å². The van der Waals surface area contributed by atoms with E-state index >= 15 is 0 Å². The molecule has 0 radical (unpaired) electrons. The van der Waals surface area contributed by atoms with Crippen molar-refractivity contribution in [3.8, 4) is 0 Å². The second kappa shape index (κ2) is 4.63. The zero-order valence-electron chi connectivity index (χ0n) is 9.92. The summed E-state index contributed by atoms with van der Waals surface area (Å²) in [6.45, 7) is 10.7. The molecule has 2 heteroatoms. The van der Waals surface area contributed by atoms with E-state index in [9.17, 15) is 4.79 Å². The van der Waals surface area contributed by atoms with Gasteiger partial charge < -0.3 is 5.11 Å². The first-order valence-corrected chi connectivity index (χ1v) is 5.11. The molecule has 0 aromatic rings. The van der Waals surface area contributed by atoms with Crippen LogP contribution in [0.3, 0.4) is 0 Å². The molecule has 0 spiro atoms. The van der Waals surface area contributed by atoms with Gasteiger partial charge >= 0.3 is 5.97 Å². The van der Waals surface area contributed by atoms with Crippen molar-refractivity contribution < 1.29 is 9.90 Å². The van der Waals surface area contributed by atoms with Gasteiger partial charge in [-0.05, 0) is 17.3 Å². The molecule has 0 saturated carbocycles. The Morgan fingerprint density at radius 1 is 1.29 bits per heavy atom. The number of allylic oxidation sites excluding steroid dienone is 1. The third-order valence-electron chi connectivity index (χ3n) is 2.57. The predicted molar refractivity (Wildman–Crippen MR) is 59.2 cm³/mol. The van der Waals surface area contributed by atoms with E-state index in [2.05, 4.69) is 34.6 Å². The molecular formula is C12H22O2. The minimum atomic E-state index is -0.868.